The molecular weight excluding hydrogens is 186 g/mol. The normalized spacial score (nSPS) is 15.8. The van der Waals surface area contributed by atoms with E-state index in [9.17, 15) is 4.79 Å². The third kappa shape index (κ3) is 2.31. The molecule has 1 aliphatic carbocycles. The van der Waals surface area contributed by atoms with Crippen molar-refractivity contribution in [2.75, 3.05) is 0 Å². The summed E-state index contributed by atoms with van der Waals surface area (Å²) in [6, 6.07) is 1.81. The molecule has 2 nitrogen and oxygen atoms in total. The molecule has 2 heteroatoms. The first kappa shape index (κ1) is 10.5. The highest BCUT2D eigenvalue weighted by molar-refractivity contribution is 5.31. The minimum absolute atomic E-state index is 0.0825. The second-order valence-corrected chi connectivity index (χ2v) is 4.43. The number of aryl methyl sites for hydroxylation is 2. The molecule has 0 spiro atoms. The first-order valence-corrected chi connectivity index (χ1v) is 6.05. The number of H-pyrrole nitrogens is 1. The van der Waals surface area contributed by atoms with Crippen LogP contribution in [0.4, 0.5) is 0 Å². The molecule has 15 heavy (non-hydrogen) atoms. The summed E-state index contributed by atoms with van der Waals surface area (Å²) in [4.78, 5) is 14.5. The lowest BCUT2D eigenvalue weighted by Gasteiger charge is -2.10. The maximum Gasteiger partial charge on any atom is 0.248 e. The fourth-order valence-electron chi connectivity index (χ4n) is 2.49. The zero-order chi connectivity index (χ0) is 10.7. The minimum Gasteiger partial charge on any atom is -0.326 e. The summed E-state index contributed by atoms with van der Waals surface area (Å²) < 4.78 is 0. The van der Waals surface area contributed by atoms with E-state index in [1.54, 1.807) is 6.07 Å². The van der Waals surface area contributed by atoms with Crippen molar-refractivity contribution in [1.82, 2.24) is 4.98 Å². The smallest absolute Gasteiger partial charge is 0.248 e. The van der Waals surface area contributed by atoms with Gasteiger partial charge in [-0.3, -0.25) is 4.79 Å². The van der Waals surface area contributed by atoms with Crippen molar-refractivity contribution in [1.29, 1.82) is 0 Å². The van der Waals surface area contributed by atoms with Crippen molar-refractivity contribution in [3.8, 4) is 0 Å². The van der Waals surface area contributed by atoms with Gasteiger partial charge >= 0.3 is 0 Å². The molecule has 0 saturated carbocycles. The van der Waals surface area contributed by atoms with Gasteiger partial charge in [0, 0.05) is 11.8 Å². The van der Waals surface area contributed by atoms with Gasteiger partial charge in [0.1, 0.15) is 0 Å². The number of fused-ring (bicyclic) bond motifs is 1. The van der Waals surface area contributed by atoms with Gasteiger partial charge in [0.05, 0.1) is 0 Å². The zero-order valence-electron chi connectivity index (χ0n) is 9.44. The molecule has 0 unspecified atom stereocenters. The third-order valence-corrected chi connectivity index (χ3v) is 3.20. The van der Waals surface area contributed by atoms with Gasteiger partial charge in [-0.15, -0.1) is 0 Å². The molecule has 0 radical (unpaired) electrons. The Morgan fingerprint density at radius 3 is 2.87 bits per heavy atom. The molecule has 0 aliphatic heterocycles. The van der Waals surface area contributed by atoms with Crippen molar-refractivity contribution < 1.29 is 0 Å². The van der Waals surface area contributed by atoms with E-state index in [0.29, 0.717) is 0 Å². The van der Waals surface area contributed by atoms with Crippen molar-refractivity contribution >= 4 is 0 Å². The molecule has 0 fully saturated rings. The largest absolute Gasteiger partial charge is 0.326 e. The lowest BCUT2D eigenvalue weighted by atomic mass is 10.00. The van der Waals surface area contributed by atoms with E-state index in [4.69, 9.17) is 0 Å². The fourth-order valence-corrected chi connectivity index (χ4v) is 2.49. The van der Waals surface area contributed by atoms with Crippen LogP contribution in [0, 0.1) is 0 Å². The molecule has 0 bridgehead atoms. The van der Waals surface area contributed by atoms with Crippen LogP contribution >= 0.6 is 0 Å². The van der Waals surface area contributed by atoms with Gasteiger partial charge in [-0.2, -0.15) is 0 Å². The van der Waals surface area contributed by atoms with Crippen molar-refractivity contribution in [3.05, 3.63) is 33.2 Å². The Labute approximate surface area is 90.7 Å². The quantitative estimate of drug-likeness (QED) is 0.740. The Bertz CT molecular complexity index is 392. The molecule has 82 valence electrons. The number of aromatic amines is 1. The van der Waals surface area contributed by atoms with Crippen molar-refractivity contribution in [3.63, 3.8) is 0 Å². The second-order valence-electron chi connectivity index (χ2n) is 4.43. The lowest BCUT2D eigenvalue weighted by molar-refractivity contribution is 0.709. The van der Waals surface area contributed by atoms with Crippen LogP contribution in [0.1, 0.15) is 49.4 Å². The van der Waals surface area contributed by atoms with Crippen molar-refractivity contribution in [2.45, 2.75) is 51.9 Å². The summed E-state index contributed by atoms with van der Waals surface area (Å²) in [6.45, 7) is 2.16. The van der Waals surface area contributed by atoms with Crippen LogP contribution in [0.2, 0.25) is 0 Å². The van der Waals surface area contributed by atoms with Crippen LogP contribution in [0.15, 0.2) is 10.9 Å². The molecule has 1 N–H and O–H groups in total. The number of rotatable bonds is 2. The highest BCUT2D eigenvalue weighted by atomic mass is 16.1. The maximum absolute atomic E-state index is 11.5. The zero-order valence-corrected chi connectivity index (χ0v) is 9.44. The lowest BCUT2D eigenvalue weighted by Crippen LogP contribution is -2.13. The molecule has 1 heterocycles. The molecular formula is C13H19NO. The summed E-state index contributed by atoms with van der Waals surface area (Å²) in [7, 11) is 0. The second kappa shape index (κ2) is 4.65. The summed E-state index contributed by atoms with van der Waals surface area (Å²) in [5.41, 5.74) is 4.02. The van der Waals surface area contributed by atoms with Gasteiger partial charge < -0.3 is 4.98 Å². The summed E-state index contributed by atoms with van der Waals surface area (Å²) in [6.07, 6.45) is 8.18. The number of hydrogen-bond donors (Lipinski definition) is 1. The highest BCUT2D eigenvalue weighted by Gasteiger charge is 2.12. The molecule has 0 saturated heterocycles. The van der Waals surface area contributed by atoms with E-state index in [1.807, 2.05) is 0 Å². The van der Waals surface area contributed by atoms with E-state index in [2.05, 4.69) is 11.9 Å². The van der Waals surface area contributed by atoms with Crippen LogP contribution in [0.3, 0.4) is 0 Å². The molecule has 2 rings (SSSR count). The fraction of sp³-hybridized carbons (Fsp3) is 0.615. The van der Waals surface area contributed by atoms with Crippen molar-refractivity contribution in [2.24, 2.45) is 0 Å². The van der Waals surface area contributed by atoms with Crippen LogP contribution < -0.4 is 5.56 Å². The summed E-state index contributed by atoms with van der Waals surface area (Å²) in [5, 5.41) is 0. The average molecular weight is 205 g/mol. The Morgan fingerprint density at radius 1 is 1.27 bits per heavy atom. The van der Waals surface area contributed by atoms with Crippen LogP contribution in [0.5, 0.6) is 0 Å². The van der Waals surface area contributed by atoms with E-state index in [1.165, 1.54) is 36.1 Å². The van der Waals surface area contributed by atoms with E-state index >= 15 is 0 Å². The minimum atomic E-state index is 0.0825. The monoisotopic (exact) mass is 205 g/mol. The Kier molecular flexibility index (Phi) is 3.24. The number of hydrogen-bond acceptors (Lipinski definition) is 1. The van der Waals surface area contributed by atoms with Crippen LogP contribution in [-0.2, 0) is 19.3 Å². The molecule has 1 aromatic rings. The van der Waals surface area contributed by atoms with Crippen LogP contribution in [-0.4, -0.2) is 4.98 Å². The predicted octanol–water partition coefficient (Wildman–Crippen LogP) is 2.60. The average Bonchev–Trinajstić information content (AvgIpc) is 2.43. The van der Waals surface area contributed by atoms with E-state index in [-0.39, 0.29) is 5.56 Å². The van der Waals surface area contributed by atoms with Gasteiger partial charge in [-0.05, 0) is 43.2 Å². The predicted molar refractivity (Wildman–Crippen MR) is 62.3 cm³/mol. The van der Waals surface area contributed by atoms with Crippen LogP contribution in [0.25, 0.3) is 0 Å². The standard InChI is InChI=1S/C13H19NO/c1-2-6-12-11-8-5-3-4-7-10(11)9-13(15)14-12/h9H,2-8H2,1H3,(H,14,15). The van der Waals surface area contributed by atoms with Gasteiger partial charge in [-0.1, -0.05) is 19.8 Å². The van der Waals surface area contributed by atoms with E-state index in [0.717, 1.165) is 25.7 Å². The Hall–Kier alpha value is -1.05. The summed E-state index contributed by atoms with van der Waals surface area (Å²) >= 11 is 0. The highest BCUT2D eigenvalue weighted by Crippen LogP contribution is 2.21. The number of nitrogens with one attached hydrogen (secondary N) is 1. The number of aromatic nitrogens is 1. The summed E-state index contributed by atoms with van der Waals surface area (Å²) in [5.74, 6) is 0. The first-order chi connectivity index (χ1) is 7.31. The number of pyridine rings is 1. The molecule has 0 atom stereocenters. The van der Waals surface area contributed by atoms with Gasteiger partial charge in [0.25, 0.3) is 0 Å². The first-order valence-electron chi connectivity index (χ1n) is 6.05. The molecule has 1 aliphatic rings. The Morgan fingerprint density at radius 2 is 2.07 bits per heavy atom. The van der Waals surface area contributed by atoms with Gasteiger partial charge in [0.15, 0.2) is 0 Å². The SMILES string of the molecule is CCCc1[nH]c(=O)cc2c1CCCCC2. The molecule has 0 aromatic carbocycles. The topological polar surface area (TPSA) is 32.9 Å². The van der Waals surface area contributed by atoms with E-state index < -0.39 is 0 Å². The third-order valence-electron chi connectivity index (χ3n) is 3.20. The molecule has 1 aromatic heterocycles. The van der Waals surface area contributed by atoms with Gasteiger partial charge in [0.2, 0.25) is 5.56 Å². The van der Waals surface area contributed by atoms with Gasteiger partial charge in [-0.25, -0.2) is 0 Å². The molecule has 0 amide bonds. The maximum atomic E-state index is 11.5. The Balaban J connectivity index is 2.45.